The average molecular weight is 277 g/mol. The zero-order valence-corrected chi connectivity index (χ0v) is 12.1. The maximum absolute atomic E-state index is 5.83. The van der Waals surface area contributed by atoms with Crippen LogP contribution in [0.4, 0.5) is 0 Å². The van der Waals surface area contributed by atoms with Crippen LogP contribution in [0.2, 0.25) is 0 Å². The van der Waals surface area contributed by atoms with Gasteiger partial charge < -0.3 is 10.1 Å². The molecule has 2 rings (SSSR count). The zero-order valence-electron chi connectivity index (χ0n) is 11.3. The van der Waals surface area contributed by atoms with Gasteiger partial charge in [0.25, 0.3) is 0 Å². The van der Waals surface area contributed by atoms with Gasteiger partial charge in [-0.05, 0) is 19.0 Å². The number of nitrogens with one attached hydrogen (secondary N) is 1. The lowest BCUT2D eigenvalue weighted by Crippen LogP contribution is -2.23. The van der Waals surface area contributed by atoms with Gasteiger partial charge in [-0.2, -0.15) is 8.75 Å². The molecule has 1 aromatic carbocycles. The highest BCUT2D eigenvalue weighted by atomic mass is 32.1. The Morgan fingerprint density at radius 3 is 2.84 bits per heavy atom. The van der Waals surface area contributed by atoms with Gasteiger partial charge in [-0.3, -0.25) is 0 Å². The third-order valence-electron chi connectivity index (χ3n) is 2.77. The molecule has 1 atom stereocenters. The van der Waals surface area contributed by atoms with Crippen molar-refractivity contribution >= 4 is 11.7 Å². The van der Waals surface area contributed by atoms with Crippen LogP contribution in [-0.4, -0.2) is 21.9 Å². The number of hydrogen-bond donors (Lipinski definition) is 1. The van der Waals surface area contributed by atoms with Gasteiger partial charge in [0.2, 0.25) is 0 Å². The average Bonchev–Trinajstić information content (AvgIpc) is 2.97. The summed E-state index contributed by atoms with van der Waals surface area (Å²) in [5, 5.41) is 3.44. The van der Waals surface area contributed by atoms with Crippen molar-refractivity contribution in [3.05, 3.63) is 41.7 Å². The second-order valence-corrected chi connectivity index (χ2v) is 4.77. The fraction of sp³-hybridized carbons (Fsp3) is 0.429. The van der Waals surface area contributed by atoms with E-state index in [2.05, 4.69) is 34.0 Å². The van der Waals surface area contributed by atoms with E-state index in [0.29, 0.717) is 0 Å². The molecule has 102 valence electrons. The van der Waals surface area contributed by atoms with E-state index in [-0.39, 0.29) is 6.04 Å². The van der Waals surface area contributed by atoms with E-state index in [1.807, 2.05) is 24.4 Å². The molecule has 4 nitrogen and oxygen atoms in total. The molecule has 0 bridgehead atoms. The predicted molar refractivity (Wildman–Crippen MR) is 77.7 cm³/mol. The molecule has 0 radical (unpaired) electrons. The van der Waals surface area contributed by atoms with Crippen LogP contribution in [0.5, 0.6) is 5.75 Å². The smallest absolute Gasteiger partial charge is 0.124 e. The van der Waals surface area contributed by atoms with Crippen LogP contribution in [0, 0.1) is 0 Å². The molecule has 0 saturated carbocycles. The molecular formula is C14H19N3OS. The molecule has 1 N–H and O–H groups in total. The van der Waals surface area contributed by atoms with Crippen molar-refractivity contribution in [3.8, 4) is 5.75 Å². The van der Waals surface area contributed by atoms with Crippen LogP contribution in [0.3, 0.4) is 0 Å². The van der Waals surface area contributed by atoms with Crippen molar-refractivity contribution < 1.29 is 4.74 Å². The molecule has 0 aliphatic heterocycles. The Labute approximate surface area is 118 Å². The second kappa shape index (κ2) is 7.21. The minimum atomic E-state index is 0.0387. The maximum atomic E-state index is 5.83. The molecule has 2 aromatic rings. The fourth-order valence-electron chi connectivity index (χ4n) is 1.94. The topological polar surface area (TPSA) is 47.0 Å². The molecule has 1 aromatic heterocycles. The SMILES string of the molecule is CCCOc1ccccc1C(NCC)c1cnsn1. The summed E-state index contributed by atoms with van der Waals surface area (Å²) < 4.78 is 14.3. The molecule has 19 heavy (non-hydrogen) atoms. The van der Waals surface area contributed by atoms with E-state index in [1.54, 1.807) is 0 Å². The Hall–Kier alpha value is -1.46. The van der Waals surface area contributed by atoms with E-state index < -0.39 is 0 Å². The third-order valence-corrected chi connectivity index (χ3v) is 3.27. The molecule has 0 aliphatic carbocycles. The summed E-state index contributed by atoms with van der Waals surface area (Å²) in [5.41, 5.74) is 2.06. The Morgan fingerprint density at radius 2 is 2.16 bits per heavy atom. The van der Waals surface area contributed by atoms with E-state index in [9.17, 15) is 0 Å². The number of para-hydroxylation sites is 1. The number of hydrogen-bond acceptors (Lipinski definition) is 5. The first-order valence-electron chi connectivity index (χ1n) is 6.59. The van der Waals surface area contributed by atoms with Gasteiger partial charge in [0.05, 0.1) is 36.3 Å². The minimum absolute atomic E-state index is 0.0387. The van der Waals surface area contributed by atoms with Gasteiger partial charge in [-0.25, -0.2) is 0 Å². The molecule has 0 amide bonds. The Balaban J connectivity index is 2.30. The third kappa shape index (κ3) is 3.52. The lowest BCUT2D eigenvalue weighted by Gasteiger charge is -2.19. The number of nitrogens with zero attached hydrogens (tertiary/aromatic N) is 2. The van der Waals surface area contributed by atoms with E-state index in [4.69, 9.17) is 4.74 Å². The summed E-state index contributed by atoms with van der Waals surface area (Å²) in [4.78, 5) is 0. The van der Waals surface area contributed by atoms with Crippen LogP contribution in [0.1, 0.15) is 37.6 Å². The van der Waals surface area contributed by atoms with Crippen LogP contribution in [0.25, 0.3) is 0 Å². The van der Waals surface area contributed by atoms with Crippen LogP contribution < -0.4 is 10.1 Å². The molecule has 5 heteroatoms. The highest BCUT2D eigenvalue weighted by molar-refractivity contribution is 6.99. The van der Waals surface area contributed by atoms with Crippen molar-refractivity contribution in [1.82, 2.24) is 14.1 Å². The van der Waals surface area contributed by atoms with Crippen LogP contribution in [0.15, 0.2) is 30.5 Å². The minimum Gasteiger partial charge on any atom is -0.493 e. The molecule has 0 saturated heterocycles. The summed E-state index contributed by atoms with van der Waals surface area (Å²) in [5.74, 6) is 0.920. The predicted octanol–water partition coefficient (Wildman–Crippen LogP) is 3.03. The van der Waals surface area contributed by atoms with Gasteiger partial charge in [-0.15, -0.1) is 0 Å². The van der Waals surface area contributed by atoms with Crippen molar-refractivity contribution in [2.45, 2.75) is 26.3 Å². The summed E-state index contributed by atoms with van der Waals surface area (Å²) in [6, 6.07) is 8.15. The fourth-order valence-corrected chi connectivity index (χ4v) is 2.39. The number of aromatic nitrogens is 2. The summed E-state index contributed by atoms with van der Waals surface area (Å²) in [6.45, 7) is 5.78. The highest BCUT2D eigenvalue weighted by Gasteiger charge is 2.19. The van der Waals surface area contributed by atoms with Gasteiger partial charge in [0, 0.05) is 5.56 Å². The van der Waals surface area contributed by atoms with Crippen molar-refractivity contribution in [3.63, 3.8) is 0 Å². The van der Waals surface area contributed by atoms with Gasteiger partial charge in [0.15, 0.2) is 0 Å². The lowest BCUT2D eigenvalue weighted by molar-refractivity contribution is 0.311. The zero-order chi connectivity index (χ0) is 13.5. The Kier molecular flexibility index (Phi) is 5.30. The summed E-state index contributed by atoms with van der Waals surface area (Å²) >= 11 is 1.23. The Morgan fingerprint density at radius 1 is 1.32 bits per heavy atom. The summed E-state index contributed by atoms with van der Waals surface area (Å²) in [7, 11) is 0. The van der Waals surface area contributed by atoms with Crippen LogP contribution >= 0.6 is 11.7 Å². The number of benzene rings is 1. The maximum Gasteiger partial charge on any atom is 0.124 e. The largest absolute Gasteiger partial charge is 0.493 e. The van der Waals surface area contributed by atoms with Gasteiger partial charge >= 0.3 is 0 Å². The normalized spacial score (nSPS) is 12.3. The van der Waals surface area contributed by atoms with Crippen molar-refractivity contribution in [1.29, 1.82) is 0 Å². The van der Waals surface area contributed by atoms with E-state index >= 15 is 0 Å². The van der Waals surface area contributed by atoms with E-state index in [1.165, 1.54) is 11.7 Å². The first-order valence-corrected chi connectivity index (χ1v) is 7.32. The van der Waals surface area contributed by atoms with Crippen LogP contribution in [-0.2, 0) is 0 Å². The van der Waals surface area contributed by atoms with Gasteiger partial charge in [0.1, 0.15) is 5.75 Å². The molecule has 0 aliphatic rings. The quantitative estimate of drug-likeness (QED) is 0.845. The van der Waals surface area contributed by atoms with Crippen molar-refractivity contribution in [2.24, 2.45) is 0 Å². The highest BCUT2D eigenvalue weighted by Crippen LogP contribution is 2.29. The molecule has 0 fully saturated rings. The Bertz CT molecular complexity index is 487. The first-order chi connectivity index (χ1) is 9.36. The van der Waals surface area contributed by atoms with Crippen molar-refractivity contribution in [2.75, 3.05) is 13.2 Å². The lowest BCUT2D eigenvalue weighted by atomic mass is 10.0. The monoisotopic (exact) mass is 277 g/mol. The molecule has 1 unspecified atom stereocenters. The molecule has 1 heterocycles. The van der Waals surface area contributed by atoms with Gasteiger partial charge in [-0.1, -0.05) is 32.0 Å². The standard InChI is InChI=1S/C14H19N3OS/c1-3-9-18-13-8-6-5-7-11(13)14(15-4-2)12-10-16-19-17-12/h5-8,10,14-15H,3-4,9H2,1-2H3. The van der Waals surface area contributed by atoms with E-state index in [0.717, 1.165) is 36.6 Å². The molecule has 0 spiro atoms. The number of rotatable bonds is 7. The summed E-state index contributed by atoms with van der Waals surface area (Å²) in [6.07, 6.45) is 2.81. The molecular weight excluding hydrogens is 258 g/mol. The first kappa shape index (κ1) is 14.0. The second-order valence-electron chi connectivity index (χ2n) is 4.21. The number of ether oxygens (including phenoxy) is 1.